The fraction of sp³-hybridized carbons (Fsp3) is 0.731. The summed E-state index contributed by atoms with van der Waals surface area (Å²) in [4.78, 5) is 17.8. The second kappa shape index (κ2) is 7.63. The van der Waals surface area contributed by atoms with E-state index in [0.717, 1.165) is 57.9 Å². The van der Waals surface area contributed by atoms with E-state index < -0.39 is 0 Å². The standard InChI is InChI=1S/C26H36N2O4/c1-25-7-4-8-26(17-31-26)23(25)14-20-21(24(29)32-22(20)15-25)16-27-9-11-28(12-10-27)18-5-3-6-19(13-18)30-2/h3,5-6,13,20-23H,4,7-12,14-17H2,1-2H3/t20-,21+,22-,23-,25-,26+/m1/s1. The van der Waals surface area contributed by atoms with E-state index in [2.05, 4.69) is 28.9 Å². The van der Waals surface area contributed by atoms with Crippen molar-refractivity contribution in [2.24, 2.45) is 23.2 Å². The molecular formula is C26H36N2O4. The number of epoxide rings is 1. The van der Waals surface area contributed by atoms with E-state index in [9.17, 15) is 4.79 Å². The lowest BCUT2D eigenvalue weighted by Gasteiger charge is -2.51. The van der Waals surface area contributed by atoms with E-state index in [1.807, 2.05) is 12.1 Å². The molecule has 174 valence electrons. The van der Waals surface area contributed by atoms with E-state index in [-0.39, 0.29) is 29.0 Å². The zero-order valence-corrected chi connectivity index (χ0v) is 19.4. The molecule has 5 aliphatic rings. The smallest absolute Gasteiger partial charge is 0.310 e. The van der Waals surface area contributed by atoms with Gasteiger partial charge in [-0.1, -0.05) is 13.0 Å². The Balaban J connectivity index is 1.11. The Morgan fingerprint density at radius 1 is 1.19 bits per heavy atom. The minimum atomic E-state index is 0.0191. The number of nitrogens with zero attached hydrogens (tertiary/aromatic N) is 2. The first-order valence-electron chi connectivity index (χ1n) is 12.5. The average molecular weight is 441 g/mol. The highest BCUT2D eigenvalue weighted by Gasteiger charge is 2.65. The summed E-state index contributed by atoms with van der Waals surface area (Å²) in [6.45, 7) is 8.09. The number of rotatable bonds is 4. The Morgan fingerprint density at radius 3 is 2.75 bits per heavy atom. The molecule has 0 N–H and O–H groups in total. The lowest BCUT2D eigenvalue weighted by atomic mass is 9.53. The maximum atomic E-state index is 13.0. The van der Waals surface area contributed by atoms with Gasteiger partial charge in [0.1, 0.15) is 11.9 Å². The number of esters is 1. The minimum Gasteiger partial charge on any atom is -0.497 e. The van der Waals surface area contributed by atoms with Gasteiger partial charge < -0.3 is 19.1 Å². The molecule has 3 aliphatic heterocycles. The van der Waals surface area contributed by atoms with Gasteiger partial charge >= 0.3 is 5.97 Å². The van der Waals surface area contributed by atoms with E-state index >= 15 is 0 Å². The normalized spacial score (nSPS) is 41.2. The zero-order chi connectivity index (χ0) is 21.9. The third kappa shape index (κ3) is 3.41. The van der Waals surface area contributed by atoms with Crippen LogP contribution in [0.5, 0.6) is 5.75 Å². The van der Waals surface area contributed by atoms with Crippen molar-refractivity contribution in [2.45, 2.75) is 50.7 Å². The summed E-state index contributed by atoms with van der Waals surface area (Å²) in [6.07, 6.45) is 5.94. The van der Waals surface area contributed by atoms with E-state index in [1.165, 1.54) is 24.9 Å². The van der Waals surface area contributed by atoms with Gasteiger partial charge in [-0.2, -0.15) is 0 Å². The van der Waals surface area contributed by atoms with Crippen LogP contribution in [-0.4, -0.2) is 69.0 Å². The summed E-state index contributed by atoms with van der Waals surface area (Å²) in [6, 6.07) is 8.29. The first kappa shape index (κ1) is 20.8. The van der Waals surface area contributed by atoms with Gasteiger partial charge in [-0.05, 0) is 55.6 Å². The Morgan fingerprint density at radius 2 is 2.00 bits per heavy atom. The lowest BCUT2D eigenvalue weighted by molar-refractivity contribution is -0.147. The number of anilines is 1. The van der Waals surface area contributed by atoms with Crippen LogP contribution in [0.25, 0.3) is 0 Å². The Labute approximate surface area is 191 Å². The van der Waals surface area contributed by atoms with Crippen molar-refractivity contribution in [1.82, 2.24) is 4.90 Å². The Hall–Kier alpha value is -1.79. The molecule has 1 spiro atoms. The van der Waals surface area contributed by atoms with Crippen molar-refractivity contribution in [3.8, 4) is 5.75 Å². The summed E-state index contributed by atoms with van der Waals surface area (Å²) in [5.74, 6) is 1.91. The van der Waals surface area contributed by atoms with Gasteiger partial charge in [-0.3, -0.25) is 9.69 Å². The Kier molecular flexibility index (Phi) is 4.95. The van der Waals surface area contributed by atoms with Gasteiger partial charge in [0.05, 0.1) is 25.2 Å². The predicted molar refractivity (Wildman–Crippen MR) is 122 cm³/mol. The molecule has 32 heavy (non-hydrogen) atoms. The van der Waals surface area contributed by atoms with E-state index in [4.69, 9.17) is 14.2 Å². The average Bonchev–Trinajstić information content (AvgIpc) is 3.51. The maximum Gasteiger partial charge on any atom is 0.310 e. The number of carbonyl (C=O) groups is 1. The number of benzene rings is 1. The van der Waals surface area contributed by atoms with Gasteiger partial charge in [0.15, 0.2) is 0 Å². The van der Waals surface area contributed by atoms with Gasteiger partial charge in [0.2, 0.25) is 0 Å². The number of hydrogen-bond donors (Lipinski definition) is 0. The summed E-state index contributed by atoms with van der Waals surface area (Å²) in [5.41, 5.74) is 1.60. The van der Waals surface area contributed by atoms with Crippen molar-refractivity contribution >= 4 is 11.7 Å². The fourth-order valence-corrected chi connectivity index (χ4v) is 7.44. The highest BCUT2D eigenvalue weighted by atomic mass is 16.6. The molecule has 0 bridgehead atoms. The molecule has 6 nitrogen and oxygen atoms in total. The number of methoxy groups -OCH3 is 1. The summed E-state index contributed by atoms with van der Waals surface area (Å²) < 4.78 is 17.4. The van der Waals surface area contributed by atoms with Crippen LogP contribution in [0.1, 0.15) is 39.0 Å². The molecule has 6 rings (SSSR count). The predicted octanol–water partition coefficient (Wildman–Crippen LogP) is 3.34. The van der Waals surface area contributed by atoms with Crippen molar-refractivity contribution in [1.29, 1.82) is 0 Å². The maximum absolute atomic E-state index is 13.0. The molecule has 1 aromatic rings. The molecule has 6 atom stereocenters. The lowest BCUT2D eigenvalue weighted by Crippen LogP contribution is -2.52. The zero-order valence-electron chi connectivity index (χ0n) is 19.4. The second-order valence-corrected chi connectivity index (χ2v) is 11.1. The molecule has 2 aliphatic carbocycles. The quantitative estimate of drug-likeness (QED) is 0.529. The van der Waals surface area contributed by atoms with Crippen molar-refractivity contribution < 1.29 is 19.0 Å². The summed E-state index contributed by atoms with van der Waals surface area (Å²) in [5, 5.41) is 0. The van der Waals surface area contributed by atoms with Gasteiger partial charge in [-0.25, -0.2) is 0 Å². The van der Waals surface area contributed by atoms with E-state index in [0.29, 0.717) is 11.8 Å². The first-order chi connectivity index (χ1) is 15.5. The van der Waals surface area contributed by atoms with Crippen LogP contribution in [0.2, 0.25) is 0 Å². The van der Waals surface area contributed by atoms with Crippen LogP contribution >= 0.6 is 0 Å². The molecule has 0 amide bonds. The molecule has 0 radical (unpaired) electrons. The summed E-state index contributed by atoms with van der Waals surface area (Å²) >= 11 is 0. The number of carbonyl (C=O) groups excluding carboxylic acids is 1. The van der Waals surface area contributed by atoms with Gasteiger partial charge in [0.25, 0.3) is 0 Å². The number of piperazine rings is 1. The third-order valence-electron chi connectivity index (χ3n) is 9.32. The highest BCUT2D eigenvalue weighted by Crippen LogP contribution is 2.62. The Bertz CT molecular complexity index is 878. The van der Waals surface area contributed by atoms with Gasteiger partial charge in [0, 0.05) is 50.4 Å². The van der Waals surface area contributed by atoms with Crippen molar-refractivity contribution in [2.75, 3.05) is 51.3 Å². The molecule has 2 saturated carbocycles. The molecule has 3 heterocycles. The van der Waals surface area contributed by atoms with E-state index in [1.54, 1.807) is 7.11 Å². The van der Waals surface area contributed by atoms with Crippen LogP contribution in [-0.2, 0) is 14.3 Å². The molecule has 6 heteroatoms. The third-order valence-corrected chi connectivity index (χ3v) is 9.32. The minimum absolute atomic E-state index is 0.0191. The molecule has 1 aromatic carbocycles. The number of ether oxygens (including phenoxy) is 3. The van der Waals surface area contributed by atoms with Crippen molar-refractivity contribution in [3.63, 3.8) is 0 Å². The molecule has 0 aromatic heterocycles. The largest absolute Gasteiger partial charge is 0.497 e. The van der Waals surface area contributed by atoms with Crippen LogP contribution in [0, 0.1) is 23.2 Å². The molecular weight excluding hydrogens is 404 g/mol. The SMILES string of the molecule is COc1cccc(N2CCN(C[C@@H]3C(=O)O[C@@H]4C[C@@]5(C)CCC[C@]6(CO6)[C@@H]5C[C@H]34)CC2)c1. The topological polar surface area (TPSA) is 54.5 Å². The molecule has 5 fully saturated rings. The van der Waals surface area contributed by atoms with Gasteiger partial charge in [-0.15, -0.1) is 0 Å². The second-order valence-electron chi connectivity index (χ2n) is 11.1. The van der Waals surface area contributed by atoms with Crippen LogP contribution < -0.4 is 9.64 Å². The van der Waals surface area contributed by atoms with Crippen LogP contribution in [0.4, 0.5) is 5.69 Å². The summed E-state index contributed by atoms with van der Waals surface area (Å²) in [7, 11) is 1.71. The molecule has 0 unspecified atom stereocenters. The first-order valence-corrected chi connectivity index (χ1v) is 12.5. The number of hydrogen-bond acceptors (Lipinski definition) is 6. The van der Waals surface area contributed by atoms with Crippen molar-refractivity contribution in [3.05, 3.63) is 24.3 Å². The van der Waals surface area contributed by atoms with Crippen LogP contribution in [0.15, 0.2) is 24.3 Å². The monoisotopic (exact) mass is 440 g/mol. The highest BCUT2D eigenvalue weighted by molar-refractivity contribution is 5.75. The number of fused-ring (bicyclic) bond motifs is 3. The molecule has 3 saturated heterocycles. The fourth-order valence-electron chi connectivity index (χ4n) is 7.44. The van der Waals surface area contributed by atoms with Crippen LogP contribution in [0.3, 0.4) is 0 Å².